The molecule has 0 spiro atoms. The molecule has 0 aliphatic carbocycles. The maximum Gasteiger partial charge on any atom is 0.265 e. The van der Waals surface area contributed by atoms with E-state index >= 15 is 0 Å². The highest BCUT2D eigenvalue weighted by atomic mass is 19.3. The summed E-state index contributed by atoms with van der Waals surface area (Å²) in [6.45, 7) is 6.09. The molecule has 0 saturated heterocycles. The Labute approximate surface area is 101 Å². The molecule has 96 valence electrons. The maximum absolute atomic E-state index is 13.0. The van der Waals surface area contributed by atoms with Crippen LogP contribution in [0.4, 0.5) is 20.2 Å². The van der Waals surface area contributed by atoms with Crippen LogP contribution in [-0.4, -0.2) is 12.6 Å². The molecule has 0 radical (unpaired) electrons. The summed E-state index contributed by atoms with van der Waals surface area (Å²) in [5.41, 5.74) is 6.29. The van der Waals surface area contributed by atoms with Crippen molar-refractivity contribution in [2.75, 3.05) is 17.7 Å². The fourth-order valence-electron chi connectivity index (χ4n) is 1.62. The Balaban J connectivity index is 3.22. The summed E-state index contributed by atoms with van der Waals surface area (Å²) in [7, 11) is 1.83. The van der Waals surface area contributed by atoms with Gasteiger partial charge in [0.2, 0.25) is 0 Å². The van der Waals surface area contributed by atoms with Crippen LogP contribution in [0.3, 0.4) is 0 Å². The van der Waals surface area contributed by atoms with E-state index in [1.54, 1.807) is 12.1 Å². The zero-order valence-corrected chi connectivity index (χ0v) is 10.8. The molecule has 0 atom stereocenters. The topological polar surface area (TPSA) is 29.3 Å². The van der Waals surface area contributed by atoms with E-state index < -0.39 is 6.43 Å². The second-order valence-corrected chi connectivity index (χ2v) is 4.84. The second kappa shape index (κ2) is 4.90. The predicted octanol–water partition coefficient (Wildman–Crippen LogP) is 3.83. The van der Waals surface area contributed by atoms with Crippen molar-refractivity contribution in [1.82, 2.24) is 0 Å². The van der Waals surface area contributed by atoms with Crippen molar-refractivity contribution < 1.29 is 8.78 Å². The molecule has 0 bridgehead atoms. The number of hydrogen-bond donors (Lipinski definition) is 1. The molecule has 1 rings (SSSR count). The Morgan fingerprint density at radius 3 is 2.41 bits per heavy atom. The van der Waals surface area contributed by atoms with Gasteiger partial charge in [-0.3, -0.25) is 0 Å². The second-order valence-electron chi connectivity index (χ2n) is 4.84. The minimum atomic E-state index is -2.51. The summed E-state index contributed by atoms with van der Waals surface area (Å²) < 4.78 is 26.0. The first-order valence-electron chi connectivity index (χ1n) is 5.71. The van der Waals surface area contributed by atoms with Crippen molar-refractivity contribution in [2.45, 2.75) is 39.2 Å². The molecule has 0 aromatic heterocycles. The number of anilines is 2. The van der Waals surface area contributed by atoms with E-state index in [-0.39, 0.29) is 11.1 Å². The molecule has 2 N–H and O–H groups in total. The predicted molar refractivity (Wildman–Crippen MR) is 68.6 cm³/mol. The van der Waals surface area contributed by atoms with Gasteiger partial charge in [-0.2, -0.15) is 0 Å². The van der Waals surface area contributed by atoms with Crippen molar-refractivity contribution in [3.63, 3.8) is 0 Å². The van der Waals surface area contributed by atoms with Gasteiger partial charge >= 0.3 is 0 Å². The Bertz CT molecular complexity index is 389. The standard InChI is InChI=1S/C13H20F2N2/c1-5-13(2,3)17(4)11-7-6-9(16)8-10(11)12(14)15/h6-8,12H,5,16H2,1-4H3. The Morgan fingerprint density at radius 2 is 1.94 bits per heavy atom. The highest BCUT2D eigenvalue weighted by molar-refractivity contribution is 5.61. The third-order valence-electron chi connectivity index (χ3n) is 3.42. The van der Waals surface area contributed by atoms with Gasteiger partial charge in [-0.05, 0) is 38.5 Å². The molecular formula is C13H20F2N2. The van der Waals surface area contributed by atoms with E-state index in [0.29, 0.717) is 11.4 Å². The summed E-state index contributed by atoms with van der Waals surface area (Å²) >= 11 is 0. The van der Waals surface area contributed by atoms with Gasteiger partial charge in [-0.15, -0.1) is 0 Å². The zero-order chi connectivity index (χ0) is 13.2. The lowest BCUT2D eigenvalue weighted by molar-refractivity contribution is 0.151. The van der Waals surface area contributed by atoms with E-state index in [0.717, 1.165) is 6.42 Å². The summed E-state index contributed by atoms with van der Waals surface area (Å²) in [6, 6.07) is 4.67. The molecule has 0 fully saturated rings. The van der Waals surface area contributed by atoms with Crippen molar-refractivity contribution in [3.05, 3.63) is 23.8 Å². The smallest absolute Gasteiger partial charge is 0.265 e. The number of nitrogens with two attached hydrogens (primary N) is 1. The van der Waals surface area contributed by atoms with Crippen LogP contribution in [0.15, 0.2) is 18.2 Å². The van der Waals surface area contributed by atoms with Crippen molar-refractivity contribution in [2.24, 2.45) is 0 Å². The molecule has 0 aliphatic heterocycles. The van der Waals surface area contributed by atoms with Crippen LogP contribution in [0.1, 0.15) is 39.2 Å². The minimum Gasteiger partial charge on any atom is -0.399 e. The normalized spacial score (nSPS) is 11.9. The monoisotopic (exact) mass is 242 g/mol. The molecule has 0 unspecified atom stereocenters. The maximum atomic E-state index is 13.0. The van der Waals surface area contributed by atoms with Crippen LogP contribution in [0.5, 0.6) is 0 Å². The Hall–Kier alpha value is -1.32. The summed E-state index contributed by atoms with van der Waals surface area (Å²) in [5.74, 6) is 0. The molecule has 17 heavy (non-hydrogen) atoms. The number of rotatable bonds is 4. The summed E-state index contributed by atoms with van der Waals surface area (Å²) in [5, 5.41) is 0. The quantitative estimate of drug-likeness (QED) is 0.813. The van der Waals surface area contributed by atoms with Crippen LogP contribution < -0.4 is 10.6 Å². The number of halogens is 2. The average Bonchev–Trinajstić information content (AvgIpc) is 2.28. The summed E-state index contributed by atoms with van der Waals surface area (Å²) in [4.78, 5) is 1.88. The molecule has 0 heterocycles. The molecule has 1 aromatic rings. The van der Waals surface area contributed by atoms with Gasteiger partial charge in [0.25, 0.3) is 6.43 Å². The molecule has 4 heteroatoms. The van der Waals surface area contributed by atoms with Crippen molar-refractivity contribution in [1.29, 1.82) is 0 Å². The van der Waals surface area contributed by atoms with Gasteiger partial charge in [0.1, 0.15) is 0 Å². The lowest BCUT2D eigenvalue weighted by atomic mass is 9.98. The number of hydrogen-bond acceptors (Lipinski definition) is 2. The zero-order valence-electron chi connectivity index (χ0n) is 10.8. The molecule has 0 aliphatic rings. The third-order valence-corrected chi connectivity index (χ3v) is 3.42. The van der Waals surface area contributed by atoms with E-state index in [1.165, 1.54) is 6.07 Å². The van der Waals surface area contributed by atoms with Crippen LogP contribution in [0.25, 0.3) is 0 Å². The number of nitrogens with zero attached hydrogens (tertiary/aromatic N) is 1. The van der Waals surface area contributed by atoms with Crippen LogP contribution in [-0.2, 0) is 0 Å². The Kier molecular flexibility index (Phi) is 3.96. The SMILES string of the molecule is CCC(C)(C)N(C)c1ccc(N)cc1C(F)F. The third kappa shape index (κ3) is 2.87. The fourth-order valence-corrected chi connectivity index (χ4v) is 1.62. The minimum absolute atomic E-state index is 0.00553. The van der Waals surface area contributed by atoms with Crippen LogP contribution in [0.2, 0.25) is 0 Å². The Morgan fingerprint density at radius 1 is 1.35 bits per heavy atom. The average molecular weight is 242 g/mol. The molecule has 1 aromatic carbocycles. The van der Waals surface area contributed by atoms with E-state index in [9.17, 15) is 8.78 Å². The van der Waals surface area contributed by atoms with E-state index in [1.807, 2.05) is 32.7 Å². The van der Waals surface area contributed by atoms with E-state index in [4.69, 9.17) is 5.73 Å². The van der Waals surface area contributed by atoms with Gasteiger partial charge in [0, 0.05) is 29.5 Å². The van der Waals surface area contributed by atoms with Gasteiger partial charge in [0.05, 0.1) is 0 Å². The van der Waals surface area contributed by atoms with Gasteiger partial charge in [-0.1, -0.05) is 6.92 Å². The first kappa shape index (κ1) is 13.7. The fraction of sp³-hybridized carbons (Fsp3) is 0.538. The van der Waals surface area contributed by atoms with Crippen molar-refractivity contribution >= 4 is 11.4 Å². The molecule has 2 nitrogen and oxygen atoms in total. The lowest BCUT2D eigenvalue weighted by Gasteiger charge is -2.38. The number of benzene rings is 1. The van der Waals surface area contributed by atoms with Crippen LogP contribution in [0, 0.1) is 0 Å². The molecular weight excluding hydrogens is 222 g/mol. The first-order valence-corrected chi connectivity index (χ1v) is 5.71. The highest BCUT2D eigenvalue weighted by Crippen LogP contribution is 2.34. The lowest BCUT2D eigenvalue weighted by Crippen LogP contribution is -2.41. The van der Waals surface area contributed by atoms with Gasteiger partial charge < -0.3 is 10.6 Å². The molecule has 0 amide bonds. The highest BCUT2D eigenvalue weighted by Gasteiger charge is 2.25. The number of nitrogen functional groups attached to an aromatic ring is 1. The van der Waals surface area contributed by atoms with E-state index in [2.05, 4.69) is 0 Å². The first-order chi connectivity index (χ1) is 7.79. The summed E-state index contributed by atoms with van der Waals surface area (Å²) in [6.07, 6.45) is -1.64. The van der Waals surface area contributed by atoms with Crippen LogP contribution >= 0.6 is 0 Å². The molecule has 0 saturated carbocycles. The largest absolute Gasteiger partial charge is 0.399 e. The van der Waals surface area contributed by atoms with Crippen molar-refractivity contribution in [3.8, 4) is 0 Å². The van der Waals surface area contributed by atoms with Gasteiger partial charge in [-0.25, -0.2) is 8.78 Å². The number of alkyl halides is 2. The van der Waals surface area contributed by atoms with Gasteiger partial charge in [0.15, 0.2) is 0 Å².